The van der Waals surface area contributed by atoms with E-state index in [0.29, 0.717) is 12.0 Å². The SMILES string of the molecule is C=C(C/C(=C\[Si]([Si](C)(C)C)([Si](C)(C)C)[Si](C)(C)C)CCCCCCCCCC)C(=O)OC. The average Bonchev–Trinajstić information content (AvgIpc) is 2.63. The smallest absolute Gasteiger partial charge is 0.333 e. The number of carbonyl (C=O) groups is 1. The Morgan fingerprint density at radius 1 is 0.750 bits per heavy atom. The highest BCUT2D eigenvalue weighted by Gasteiger charge is 2.60. The molecule has 0 bridgehead atoms. The number of hydrogen-bond donors (Lipinski definition) is 0. The van der Waals surface area contributed by atoms with Crippen LogP contribution >= 0.6 is 0 Å². The van der Waals surface area contributed by atoms with Crippen molar-refractivity contribution in [2.24, 2.45) is 0 Å². The van der Waals surface area contributed by atoms with Crippen LogP contribution in [-0.4, -0.2) is 42.5 Å². The maximum Gasteiger partial charge on any atom is 0.333 e. The van der Waals surface area contributed by atoms with Crippen LogP contribution < -0.4 is 0 Å². The molecule has 0 aliphatic carbocycles. The van der Waals surface area contributed by atoms with E-state index in [1.807, 2.05) is 0 Å². The second kappa shape index (κ2) is 13.6. The van der Waals surface area contributed by atoms with Crippen molar-refractivity contribution in [3.63, 3.8) is 0 Å². The highest BCUT2D eigenvalue weighted by Crippen LogP contribution is 2.40. The first-order valence-electron chi connectivity index (χ1n) is 13.0. The van der Waals surface area contributed by atoms with Crippen LogP contribution in [0.3, 0.4) is 0 Å². The third-order valence-corrected chi connectivity index (χ3v) is 78.3. The van der Waals surface area contributed by atoms with Gasteiger partial charge in [-0.25, -0.2) is 4.79 Å². The standard InChI is InChI=1S/C26H56O2Si4/c1-13-14-15-16-17-18-19-20-21-25(22-24(2)26(27)28-3)23-32(29(4,5)6,30(7,8)9)31(10,11)12/h23H,2,13-22H2,1,3-12H3/b25-23-. The summed E-state index contributed by atoms with van der Waals surface area (Å²) in [5.74, 6) is -0.242. The Morgan fingerprint density at radius 2 is 1.16 bits per heavy atom. The fourth-order valence-corrected chi connectivity index (χ4v) is 102. The van der Waals surface area contributed by atoms with Gasteiger partial charge in [-0.3, -0.25) is 0 Å². The van der Waals surface area contributed by atoms with Crippen LogP contribution in [0.1, 0.15) is 71.1 Å². The molecule has 0 spiro atoms. The van der Waals surface area contributed by atoms with Gasteiger partial charge in [0.15, 0.2) is 0 Å². The largest absolute Gasteiger partial charge is 0.466 e. The molecule has 0 aromatic carbocycles. The van der Waals surface area contributed by atoms with E-state index in [-0.39, 0.29) is 5.97 Å². The van der Waals surface area contributed by atoms with Crippen molar-refractivity contribution in [1.29, 1.82) is 0 Å². The Hall–Kier alpha value is -0.182. The number of methoxy groups -OCH3 is 1. The quantitative estimate of drug-likeness (QED) is 0.0893. The first kappa shape index (κ1) is 31.8. The minimum Gasteiger partial charge on any atom is -0.466 e. The Bertz CT molecular complexity index is 583. The van der Waals surface area contributed by atoms with E-state index in [1.54, 1.807) is 0 Å². The van der Waals surface area contributed by atoms with Gasteiger partial charge in [-0.1, -0.05) is 123 Å². The lowest BCUT2D eigenvalue weighted by Crippen LogP contribution is -2.82. The Morgan fingerprint density at radius 3 is 1.53 bits per heavy atom. The molecule has 0 radical (unpaired) electrons. The molecule has 0 saturated heterocycles. The first-order valence-corrected chi connectivity index (χ1v) is 28.6. The molecular formula is C26H56O2Si4. The van der Waals surface area contributed by atoms with E-state index in [0.717, 1.165) is 6.42 Å². The van der Waals surface area contributed by atoms with E-state index in [4.69, 9.17) is 4.74 Å². The molecule has 0 aliphatic rings. The maximum atomic E-state index is 12.2. The third kappa shape index (κ3) is 9.22. The number of rotatable bonds is 16. The Kier molecular flexibility index (Phi) is 13.6. The van der Waals surface area contributed by atoms with E-state index >= 15 is 0 Å². The minimum absolute atomic E-state index is 0.242. The molecule has 32 heavy (non-hydrogen) atoms. The van der Waals surface area contributed by atoms with Gasteiger partial charge in [-0.15, -0.1) is 5.70 Å². The van der Waals surface area contributed by atoms with Crippen molar-refractivity contribution >= 4 is 35.4 Å². The summed E-state index contributed by atoms with van der Waals surface area (Å²) in [5.41, 5.74) is 5.00. The summed E-state index contributed by atoms with van der Waals surface area (Å²) in [6.45, 7) is 28.5. The summed E-state index contributed by atoms with van der Waals surface area (Å²) in [6, 6.07) is 0. The number of hydrogen-bond acceptors (Lipinski definition) is 2. The van der Waals surface area contributed by atoms with E-state index in [2.05, 4.69) is 78.1 Å². The first-order chi connectivity index (χ1) is 14.5. The predicted molar refractivity (Wildman–Crippen MR) is 157 cm³/mol. The van der Waals surface area contributed by atoms with Gasteiger partial charge in [0, 0.05) is 28.3 Å². The van der Waals surface area contributed by atoms with Crippen molar-refractivity contribution < 1.29 is 9.53 Å². The molecule has 0 N–H and O–H groups in total. The molecule has 0 heterocycles. The molecule has 0 rings (SSSR count). The summed E-state index contributed by atoms with van der Waals surface area (Å²) in [7, 11) is -2.70. The summed E-state index contributed by atoms with van der Waals surface area (Å²) in [4.78, 5) is 12.2. The number of allylic oxidation sites excluding steroid dienone is 1. The van der Waals surface area contributed by atoms with Crippen molar-refractivity contribution in [2.45, 2.75) is 130 Å². The van der Waals surface area contributed by atoms with Crippen molar-refractivity contribution in [3.8, 4) is 0 Å². The lowest BCUT2D eigenvalue weighted by atomic mass is 10.0. The van der Waals surface area contributed by atoms with Gasteiger partial charge in [0.2, 0.25) is 0 Å². The van der Waals surface area contributed by atoms with Crippen LogP contribution in [0.25, 0.3) is 0 Å². The lowest BCUT2D eigenvalue weighted by Gasteiger charge is -2.56. The van der Waals surface area contributed by atoms with Gasteiger partial charge in [0.1, 0.15) is 0 Å². The third-order valence-electron chi connectivity index (χ3n) is 7.24. The van der Waals surface area contributed by atoms with Crippen molar-refractivity contribution in [3.05, 3.63) is 23.4 Å². The molecule has 0 saturated carbocycles. The fraction of sp³-hybridized carbons (Fsp3) is 0.808. The highest BCUT2D eigenvalue weighted by molar-refractivity contribution is 7.90. The summed E-state index contributed by atoms with van der Waals surface area (Å²) < 4.78 is 5.01. The molecule has 0 amide bonds. The van der Waals surface area contributed by atoms with Gasteiger partial charge in [-0.2, -0.15) is 0 Å². The molecule has 0 aliphatic heterocycles. The minimum atomic E-state index is -1.60. The average molecular weight is 513 g/mol. The van der Waals surface area contributed by atoms with Crippen LogP contribution in [0.5, 0.6) is 0 Å². The van der Waals surface area contributed by atoms with E-state index in [1.165, 1.54) is 64.0 Å². The molecule has 188 valence electrons. The maximum absolute atomic E-state index is 12.2. The molecule has 0 aromatic rings. The molecule has 0 atom stereocenters. The molecule has 0 unspecified atom stereocenters. The van der Waals surface area contributed by atoms with E-state index < -0.39 is 29.4 Å². The second-order valence-corrected chi connectivity index (χ2v) is 53.4. The van der Waals surface area contributed by atoms with Gasteiger partial charge < -0.3 is 4.74 Å². The monoisotopic (exact) mass is 512 g/mol. The molecular weight excluding hydrogens is 457 g/mol. The van der Waals surface area contributed by atoms with Crippen LogP contribution in [-0.2, 0) is 9.53 Å². The van der Waals surface area contributed by atoms with Crippen LogP contribution in [0.4, 0.5) is 0 Å². The topological polar surface area (TPSA) is 26.3 Å². The van der Waals surface area contributed by atoms with Gasteiger partial charge in [0.05, 0.1) is 13.7 Å². The highest BCUT2D eigenvalue weighted by atomic mass is 29.9. The molecule has 0 fully saturated rings. The van der Waals surface area contributed by atoms with Gasteiger partial charge in [-0.05, 0) is 19.3 Å². The predicted octanol–water partition coefficient (Wildman–Crippen LogP) is 8.80. The van der Waals surface area contributed by atoms with Gasteiger partial charge >= 0.3 is 5.97 Å². The zero-order chi connectivity index (χ0) is 25.2. The Balaban J connectivity index is 5.86. The Labute approximate surface area is 205 Å². The fourth-order valence-electron chi connectivity index (χ4n) is 6.52. The van der Waals surface area contributed by atoms with Crippen molar-refractivity contribution in [2.75, 3.05) is 7.11 Å². The zero-order valence-electron chi connectivity index (χ0n) is 23.7. The summed E-state index contributed by atoms with van der Waals surface area (Å²) in [6.07, 6.45) is 12.5. The van der Waals surface area contributed by atoms with Crippen LogP contribution in [0.2, 0.25) is 58.9 Å². The van der Waals surface area contributed by atoms with Crippen molar-refractivity contribution in [1.82, 2.24) is 0 Å². The number of carbonyl (C=O) groups excluding carboxylic acids is 1. The van der Waals surface area contributed by atoms with Crippen LogP contribution in [0.15, 0.2) is 23.4 Å². The molecule has 0 aromatic heterocycles. The normalized spacial score (nSPS) is 13.9. The van der Waals surface area contributed by atoms with E-state index in [9.17, 15) is 4.79 Å². The molecule has 6 heteroatoms. The summed E-state index contributed by atoms with van der Waals surface area (Å²) >= 11 is 0. The number of ether oxygens (including phenoxy) is 1. The summed E-state index contributed by atoms with van der Waals surface area (Å²) in [5, 5.41) is 0. The second-order valence-electron chi connectivity index (χ2n) is 12.9. The zero-order valence-corrected chi connectivity index (χ0v) is 27.7. The number of esters is 1. The van der Waals surface area contributed by atoms with Gasteiger partial charge in [0.25, 0.3) is 0 Å². The molecule has 2 nitrogen and oxygen atoms in total. The lowest BCUT2D eigenvalue weighted by molar-refractivity contribution is -0.136. The van der Waals surface area contributed by atoms with Crippen LogP contribution in [0, 0.1) is 0 Å². The number of unbranched alkanes of at least 4 members (excludes halogenated alkanes) is 7.